The number of aromatic nitrogens is 3. The zero-order chi connectivity index (χ0) is 15.0. The first-order chi connectivity index (χ1) is 9.97. The molecule has 0 aliphatic carbocycles. The molecule has 0 radical (unpaired) electrons. The summed E-state index contributed by atoms with van der Waals surface area (Å²) in [6.45, 7) is 0. The smallest absolute Gasteiger partial charge is 0.282 e. The summed E-state index contributed by atoms with van der Waals surface area (Å²) in [6.07, 6.45) is 2.96. The molecule has 0 aliphatic rings. The predicted molar refractivity (Wildman–Crippen MR) is 80.3 cm³/mol. The second-order valence-corrected chi connectivity index (χ2v) is 6.49. The van der Waals surface area contributed by atoms with E-state index in [0.717, 1.165) is 0 Å². The van der Waals surface area contributed by atoms with Crippen molar-refractivity contribution in [2.24, 2.45) is 0 Å². The topological polar surface area (TPSA) is 76.4 Å². The number of pyridine rings is 2. The molecule has 0 unspecified atom stereocenters. The van der Waals surface area contributed by atoms with E-state index in [1.54, 1.807) is 30.5 Å². The summed E-state index contributed by atoms with van der Waals surface area (Å²) >= 11 is 11.8. The van der Waals surface area contributed by atoms with Crippen molar-refractivity contribution in [2.45, 2.75) is 5.03 Å². The molecule has 9 heteroatoms. The van der Waals surface area contributed by atoms with E-state index in [9.17, 15) is 8.42 Å². The van der Waals surface area contributed by atoms with Crippen LogP contribution in [0.1, 0.15) is 0 Å². The van der Waals surface area contributed by atoms with Crippen LogP contribution in [0.3, 0.4) is 0 Å². The van der Waals surface area contributed by atoms with Gasteiger partial charge in [-0.05, 0) is 18.2 Å². The van der Waals surface area contributed by atoms with Crippen LogP contribution in [0.2, 0.25) is 10.2 Å². The lowest BCUT2D eigenvalue weighted by Crippen LogP contribution is -2.16. The van der Waals surface area contributed by atoms with Crippen LogP contribution in [-0.4, -0.2) is 22.8 Å². The van der Waals surface area contributed by atoms with Gasteiger partial charge in [0.1, 0.15) is 11.5 Å². The normalized spacial score (nSPS) is 11.7. The Morgan fingerprint density at radius 2 is 2.00 bits per heavy atom. The second-order valence-electron chi connectivity index (χ2n) is 4.10. The number of imidazole rings is 1. The molecule has 21 heavy (non-hydrogen) atoms. The van der Waals surface area contributed by atoms with Gasteiger partial charge >= 0.3 is 0 Å². The predicted octanol–water partition coefficient (Wildman–Crippen LogP) is 2.84. The summed E-state index contributed by atoms with van der Waals surface area (Å²) in [6, 6.07) is 8.02. The van der Waals surface area contributed by atoms with Crippen LogP contribution in [0.25, 0.3) is 5.65 Å². The molecule has 0 aromatic carbocycles. The van der Waals surface area contributed by atoms with Crippen molar-refractivity contribution >= 4 is 44.7 Å². The molecule has 0 fully saturated rings. The van der Waals surface area contributed by atoms with Gasteiger partial charge in [0.05, 0.1) is 0 Å². The van der Waals surface area contributed by atoms with Gasteiger partial charge in [0.15, 0.2) is 10.2 Å². The molecule has 0 aliphatic heterocycles. The number of anilines is 1. The summed E-state index contributed by atoms with van der Waals surface area (Å²) in [5.74, 6) is 0.101. The van der Waals surface area contributed by atoms with E-state index in [2.05, 4.69) is 14.7 Å². The number of hydrogen-bond acceptors (Lipinski definition) is 4. The van der Waals surface area contributed by atoms with Crippen molar-refractivity contribution in [3.8, 4) is 0 Å². The Morgan fingerprint density at radius 1 is 1.19 bits per heavy atom. The Bertz CT molecular complexity index is 924. The third-order valence-electron chi connectivity index (χ3n) is 2.66. The number of nitrogens with zero attached hydrogens (tertiary/aromatic N) is 3. The lowest BCUT2D eigenvalue weighted by atomic mass is 10.5. The largest absolute Gasteiger partial charge is 0.288 e. The highest BCUT2D eigenvalue weighted by atomic mass is 35.5. The van der Waals surface area contributed by atoms with E-state index < -0.39 is 10.0 Å². The van der Waals surface area contributed by atoms with Gasteiger partial charge in [-0.2, -0.15) is 8.42 Å². The van der Waals surface area contributed by atoms with Crippen LogP contribution in [0, 0.1) is 0 Å². The zero-order valence-corrected chi connectivity index (χ0v) is 12.7. The van der Waals surface area contributed by atoms with Gasteiger partial charge in [0, 0.05) is 23.5 Å². The van der Waals surface area contributed by atoms with Crippen LogP contribution in [0.5, 0.6) is 0 Å². The summed E-state index contributed by atoms with van der Waals surface area (Å²) < 4.78 is 28.6. The van der Waals surface area contributed by atoms with Crippen molar-refractivity contribution in [1.29, 1.82) is 0 Å². The second kappa shape index (κ2) is 5.18. The average Bonchev–Trinajstić information content (AvgIpc) is 2.74. The average molecular weight is 343 g/mol. The number of rotatable bonds is 3. The maximum absolute atomic E-state index is 12.5. The molecule has 3 aromatic rings. The Labute approximate surface area is 130 Å². The van der Waals surface area contributed by atoms with Crippen molar-refractivity contribution in [1.82, 2.24) is 14.4 Å². The third-order valence-corrected chi connectivity index (χ3v) is 4.65. The molecular weight excluding hydrogens is 335 g/mol. The molecule has 6 nitrogen and oxygen atoms in total. The van der Waals surface area contributed by atoms with Crippen LogP contribution < -0.4 is 4.72 Å². The van der Waals surface area contributed by atoms with E-state index in [-0.39, 0.29) is 16.0 Å². The van der Waals surface area contributed by atoms with Gasteiger partial charge in [-0.3, -0.25) is 9.12 Å². The monoisotopic (exact) mass is 342 g/mol. The van der Waals surface area contributed by atoms with Gasteiger partial charge in [0.2, 0.25) is 0 Å². The van der Waals surface area contributed by atoms with Crippen molar-refractivity contribution in [2.75, 3.05) is 4.72 Å². The Kier molecular flexibility index (Phi) is 3.48. The fraction of sp³-hybridized carbons (Fsp3) is 0. The maximum Gasteiger partial charge on any atom is 0.282 e. The number of fused-ring (bicyclic) bond motifs is 1. The molecule has 0 spiro atoms. The van der Waals surface area contributed by atoms with E-state index in [0.29, 0.717) is 10.7 Å². The first-order valence-corrected chi connectivity index (χ1v) is 7.98. The highest BCUT2D eigenvalue weighted by Crippen LogP contribution is 2.24. The van der Waals surface area contributed by atoms with E-state index in [1.807, 2.05) is 0 Å². The van der Waals surface area contributed by atoms with Crippen molar-refractivity contribution in [3.63, 3.8) is 0 Å². The van der Waals surface area contributed by atoms with Crippen LogP contribution in [-0.2, 0) is 10.0 Å². The summed E-state index contributed by atoms with van der Waals surface area (Å²) in [5, 5.41) is 0.101. The lowest BCUT2D eigenvalue weighted by Gasteiger charge is -2.07. The first-order valence-electron chi connectivity index (χ1n) is 5.74. The van der Waals surface area contributed by atoms with Gasteiger partial charge < -0.3 is 0 Å². The fourth-order valence-electron chi connectivity index (χ4n) is 1.83. The van der Waals surface area contributed by atoms with Crippen LogP contribution in [0.15, 0.2) is 47.8 Å². The Hall–Kier alpha value is -1.83. The lowest BCUT2D eigenvalue weighted by molar-refractivity contribution is 0.596. The minimum absolute atomic E-state index is 0.101. The van der Waals surface area contributed by atoms with Crippen LogP contribution in [0.4, 0.5) is 5.82 Å². The number of nitrogens with one attached hydrogen (secondary N) is 1. The Balaban J connectivity index is 2.10. The molecular formula is C12H8Cl2N4O2S. The fourth-order valence-corrected chi connectivity index (χ4v) is 3.64. The van der Waals surface area contributed by atoms with E-state index >= 15 is 0 Å². The quantitative estimate of drug-likeness (QED) is 0.793. The van der Waals surface area contributed by atoms with Gasteiger partial charge in [-0.25, -0.2) is 9.97 Å². The molecule has 1 N–H and O–H groups in total. The minimum Gasteiger partial charge on any atom is -0.288 e. The molecule has 0 saturated heterocycles. The molecule has 0 saturated carbocycles. The number of sulfonamides is 1. The first kappa shape index (κ1) is 14.1. The highest BCUT2D eigenvalue weighted by molar-refractivity contribution is 7.92. The highest BCUT2D eigenvalue weighted by Gasteiger charge is 2.24. The number of halogens is 2. The van der Waals surface area contributed by atoms with E-state index in [1.165, 1.54) is 16.7 Å². The SMILES string of the molecule is O=S(=O)(Nc1cc(Cl)ccn1)c1c(Cl)nc2ccccn12. The molecule has 108 valence electrons. The number of hydrogen-bond donors (Lipinski definition) is 1. The van der Waals surface area contributed by atoms with Crippen LogP contribution >= 0.6 is 23.2 Å². The summed E-state index contributed by atoms with van der Waals surface area (Å²) in [5.41, 5.74) is 0.432. The van der Waals surface area contributed by atoms with Crippen molar-refractivity contribution in [3.05, 3.63) is 52.9 Å². The molecule has 0 amide bonds. The molecule has 0 bridgehead atoms. The van der Waals surface area contributed by atoms with Crippen molar-refractivity contribution < 1.29 is 8.42 Å². The molecule has 3 aromatic heterocycles. The summed E-state index contributed by atoms with van der Waals surface area (Å²) in [4.78, 5) is 7.90. The van der Waals surface area contributed by atoms with Gasteiger partial charge in [-0.1, -0.05) is 29.3 Å². The van der Waals surface area contributed by atoms with Gasteiger partial charge in [-0.15, -0.1) is 0 Å². The molecule has 3 rings (SSSR count). The molecule has 0 atom stereocenters. The van der Waals surface area contributed by atoms with Gasteiger partial charge in [0.25, 0.3) is 10.0 Å². The maximum atomic E-state index is 12.5. The zero-order valence-electron chi connectivity index (χ0n) is 10.4. The standard InChI is InChI=1S/C12H8Cl2N4O2S/c13-8-4-5-15-9(7-8)17-21(19,20)12-11(14)16-10-3-1-2-6-18(10)12/h1-7H,(H,15,17). The molecule has 3 heterocycles. The summed E-state index contributed by atoms with van der Waals surface area (Å²) in [7, 11) is -3.95. The van der Waals surface area contributed by atoms with E-state index in [4.69, 9.17) is 23.2 Å². The Morgan fingerprint density at radius 3 is 2.76 bits per heavy atom. The third kappa shape index (κ3) is 2.67. The minimum atomic E-state index is -3.95.